The van der Waals surface area contributed by atoms with Gasteiger partial charge in [-0.3, -0.25) is 9.59 Å². The van der Waals surface area contributed by atoms with Gasteiger partial charge in [-0.1, -0.05) is 34.1 Å². The Morgan fingerprint density at radius 1 is 1.10 bits per heavy atom. The molecule has 2 N–H and O–H groups in total. The SMILES string of the molecule is COCc1c(C(=O)OCC(=O)NCC(=O)Nc2ccc(Br)cc2C)oc2ccccc12. The number of aryl methyl sites for hydroxylation is 1. The summed E-state index contributed by atoms with van der Waals surface area (Å²) >= 11 is 3.36. The smallest absolute Gasteiger partial charge is 0.375 e. The van der Waals surface area contributed by atoms with Crippen molar-refractivity contribution in [2.75, 3.05) is 25.6 Å². The highest BCUT2D eigenvalue weighted by molar-refractivity contribution is 9.10. The number of carbonyl (C=O) groups excluding carboxylic acids is 3. The van der Waals surface area contributed by atoms with Crippen LogP contribution in [0, 0.1) is 6.92 Å². The van der Waals surface area contributed by atoms with E-state index in [1.807, 2.05) is 25.1 Å². The lowest BCUT2D eigenvalue weighted by Gasteiger charge is -2.10. The van der Waals surface area contributed by atoms with Crippen molar-refractivity contribution in [3.63, 3.8) is 0 Å². The molecule has 8 nitrogen and oxygen atoms in total. The Morgan fingerprint density at radius 2 is 1.87 bits per heavy atom. The number of benzene rings is 2. The Hall–Kier alpha value is -3.17. The number of amides is 2. The zero-order chi connectivity index (χ0) is 22.4. The van der Waals surface area contributed by atoms with Crippen molar-refractivity contribution in [1.82, 2.24) is 5.32 Å². The molecule has 0 unspecified atom stereocenters. The highest BCUT2D eigenvalue weighted by Gasteiger charge is 2.22. The first-order valence-electron chi connectivity index (χ1n) is 9.38. The van der Waals surface area contributed by atoms with Crippen molar-refractivity contribution in [3.05, 3.63) is 63.8 Å². The molecule has 0 bridgehead atoms. The molecule has 9 heteroatoms. The van der Waals surface area contributed by atoms with E-state index in [4.69, 9.17) is 13.9 Å². The number of carbonyl (C=O) groups is 3. The van der Waals surface area contributed by atoms with Crippen LogP contribution in [-0.4, -0.2) is 38.0 Å². The largest absolute Gasteiger partial charge is 0.450 e. The number of furan rings is 1. The molecule has 3 rings (SSSR count). The molecule has 0 saturated carbocycles. The summed E-state index contributed by atoms with van der Waals surface area (Å²) in [7, 11) is 1.51. The standard InChI is InChI=1S/C22H21BrN2O6/c1-13-9-14(23)7-8-17(13)25-19(26)10-24-20(27)12-30-22(28)21-16(11-29-2)15-5-3-4-6-18(15)31-21/h3-9H,10-12H2,1-2H3,(H,24,27)(H,25,26). The maximum Gasteiger partial charge on any atom is 0.375 e. The highest BCUT2D eigenvalue weighted by Crippen LogP contribution is 2.27. The van der Waals surface area contributed by atoms with Gasteiger partial charge in [0.05, 0.1) is 13.2 Å². The monoisotopic (exact) mass is 488 g/mol. The number of hydrogen-bond acceptors (Lipinski definition) is 6. The van der Waals surface area contributed by atoms with Crippen LogP contribution < -0.4 is 10.6 Å². The van der Waals surface area contributed by atoms with Crippen LogP contribution in [0.15, 0.2) is 51.4 Å². The van der Waals surface area contributed by atoms with Crippen LogP contribution in [0.1, 0.15) is 21.7 Å². The molecular formula is C22H21BrN2O6. The summed E-state index contributed by atoms with van der Waals surface area (Å²) in [4.78, 5) is 36.5. The van der Waals surface area contributed by atoms with Gasteiger partial charge in [-0.25, -0.2) is 4.79 Å². The fourth-order valence-electron chi connectivity index (χ4n) is 2.94. The second kappa shape index (κ2) is 10.2. The van der Waals surface area contributed by atoms with E-state index < -0.39 is 24.4 Å². The number of halogens is 1. The zero-order valence-corrected chi connectivity index (χ0v) is 18.6. The van der Waals surface area contributed by atoms with E-state index in [1.54, 1.807) is 24.3 Å². The van der Waals surface area contributed by atoms with Gasteiger partial charge in [-0.05, 0) is 36.8 Å². The number of ether oxygens (including phenoxy) is 2. The third-order valence-corrected chi connectivity index (χ3v) is 4.91. The van der Waals surface area contributed by atoms with Gasteiger partial charge in [0, 0.05) is 28.2 Å². The topological polar surface area (TPSA) is 107 Å². The van der Waals surface area contributed by atoms with E-state index in [9.17, 15) is 14.4 Å². The van der Waals surface area contributed by atoms with Crippen LogP contribution >= 0.6 is 15.9 Å². The van der Waals surface area contributed by atoms with Crippen molar-refractivity contribution in [2.24, 2.45) is 0 Å². The van der Waals surface area contributed by atoms with Gasteiger partial charge in [0.15, 0.2) is 6.61 Å². The van der Waals surface area contributed by atoms with Gasteiger partial charge in [0.1, 0.15) is 5.58 Å². The molecule has 1 heterocycles. The van der Waals surface area contributed by atoms with Gasteiger partial charge in [0.25, 0.3) is 5.91 Å². The average Bonchev–Trinajstić information content (AvgIpc) is 3.11. The molecule has 31 heavy (non-hydrogen) atoms. The molecule has 0 atom stereocenters. The van der Waals surface area contributed by atoms with Crippen molar-refractivity contribution >= 4 is 50.4 Å². The average molecular weight is 489 g/mol. The van der Waals surface area contributed by atoms with Crippen LogP contribution in [0.3, 0.4) is 0 Å². The molecule has 0 aliphatic rings. The zero-order valence-electron chi connectivity index (χ0n) is 17.0. The summed E-state index contributed by atoms with van der Waals surface area (Å²) in [6, 6.07) is 12.6. The van der Waals surface area contributed by atoms with Crippen LogP contribution in [0.4, 0.5) is 5.69 Å². The Balaban J connectivity index is 1.52. The molecule has 1 aromatic heterocycles. The Kier molecular flexibility index (Phi) is 7.43. The number of para-hydroxylation sites is 1. The van der Waals surface area contributed by atoms with Crippen molar-refractivity contribution in [1.29, 1.82) is 0 Å². The van der Waals surface area contributed by atoms with E-state index in [1.165, 1.54) is 7.11 Å². The first kappa shape index (κ1) is 22.5. The third-order valence-electron chi connectivity index (χ3n) is 4.42. The quantitative estimate of drug-likeness (QED) is 0.469. The van der Waals surface area contributed by atoms with E-state index in [2.05, 4.69) is 26.6 Å². The molecule has 0 aliphatic heterocycles. The number of methoxy groups -OCH3 is 1. The summed E-state index contributed by atoms with van der Waals surface area (Å²) in [5.41, 5.74) is 2.59. The summed E-state index contributed by atoms with van der Waals surface area (Å²) in [5, 5.41) is 5.86. The number of nitrogens with one attached hydrogen (secondary N) is 2. The number of fused-ring (bicyclic) bond motifs is 1. The Morgan fingerprint density at radius 3 is 2.61 bits per heavy atom. The fourth-order valence-corrected chi connectivity index (χ4v) is 3.42. The predicted molar refractivity (Wildman–Crippen MR) is 118 cm³/mol. The number of esters is 1. The summed E-state index contributed by atoms with van der Waals surface area (Å²) in [6.45, 7) is 1.20. The summed E-state index contributed by atoms with van der Waals surface area (Å²) in [6.07, 6.45) is 0. The molecule has 162 valence electrons. The number of hydrogen-bond donors (Lipinski definition) is 2. The minimum Gasteiger partial charge on any atom is -0.450 e. The van der Waals surface area contributed by atoms with E-state index in [0.717, 1.165) is 15.4 Å². The molecule has 2 aromatic carbocycles. The van der Waals surface area contributed by atoms with Crippen molar-refractivity contribution < 1.29 is 28.3 Å². The first-order chi connectivity index (χ1) is 14.9. The van der Waals surface area contributed by atoms with Crippen LogP contribution in [0.25, 0.3) is 11.0 Å². The van der Waals surface area contributed by atoms with Crippen LogP contribution in [-0.2, 0) is 25.7 Å². The summed E-state index contributed by atoms with van der Waals surface area (Å²) < 4.78 is 16.7. The van der Waals surface area contributed by atoms with Crippen LogP contribution in [0.2, 0.25) is 0 Å². The van der Waals surface area contributed by atoms with E-state index >= 15 is 0 Å². The molecule has 0 radical (unpaired) electrons. The first-order valence-corrected chi connectivity index (χ1v) is 10.2. The second-order valence-corrected chi connectivity index (χ2v) is 7.61. The highest BCUT2D eigenvalue weighted by atomic mass is 79.9. The number of rotatable bonds is 8. The van der Waals surface area contributed by atoms with Gasteiger partial charge >= 0.3 is 5.97 Å². The van der Waals surface area contributed by atoms with Crippen LogP contribution in [0.5, 0.6) is 0 Å². The maximum atomic E-state index is 12.4. The minimum absolute atomic E-state index is 0.0145. The second-order valence-electron chi connectivity index (χ2n) is 6.70. The lowest BCUT2D eigenvalue weighted by Crippen LogP contribution is -2.35. The maximum absolute atomic E-state index is 12.4. The molecule has 0 spiro atoms. The third kappa shape index (κ3) is 5.71. The normalized spacial score (nSPS) is 10.7. The van der Waals surface area contributed by atoms with Gasteiger partial charge in [-0.15, -0.1) is 0 Å². The molecular weight excluding hydrogens is 468 g/mol. The lowest BCUT2D eigenvalue weighted by molar-refractivity contribution is -0.126. The van der Waals surface area contributed by atoms with Gasteiger partial charge < -0.3 is 24.5 Å². The Labute approximate surface area is 187 Å². The summed E-state index contributed by atoms with van der Waals surface area (Å²) in [5.74, 6) is -1.81. The van der Waals surface area contributed by atoms with Gasteiger partial charge in [0.2, 0.25) is 11.7 Å². The molecule has 0 saturated heterocycles. The van der Waals surface area contributed by atoms with E-state index in [-0.39, 0.29) is 18.9 Å². The lowest BCUT2D eigenvalue weighted by atomic mass is 10.1. The molecule has 3 aromatic rings. The molecule has 0 fully saturated rings. The minimum atomic E-state index is -0.784. The Bertz CT molecular complexity index is 1120. The molecule has 2 amide bonds. The fraction of sp³-hybridized carbons (Fsp3) is 0.227. The van der Waals surface area contributed by atoms with Gasteiger partial charge in [-0.2, -0.15) is 0 Å². The van der Waals surface area contributed by atoms with E-state index in [0.29, 0.717) is 16.8 Å². The van der Waals surface area contributed by atoms with Crippen molar-refractivity contribution in [3.8, 4) is 0 Å². The molecule has 0 aliphatic carbocycles. The van der Waals surface area contributed by atoms with Crippen molar-refractivity contribution in [2.45, 2.75) is 13.5 Å². The predicted octanol–water partition coefficient (Wildman–Crippen LogP) is 3.56. The number of anilines is 1.